The first-order chi connectivity index (χ1) is 8.79. The van der Waals surface area contributed by atoms with E-state index in [2.05, 4.69) is 48.5 Å². The van der Waals surface area contributed by atoms with Crippen molar-refractivity contribution in [3.63, 3.8) is 0 Å². The molecule has 2 nitrogen and oxygen atoms in total. The molecule has 0 fully saturated rings. The molecule has 0 aliphatic rings. The lowest BCUT2D eigenvalue weighted by molar-refractivity contribution is 0.318. The van der Waals surface area contributed by atoms with Crippen LogP contribution < -0.4 is 0 Å². The molecule has 0 amide bonds. The fourth-order valence-corrected chi connectivity index (χ4v) is 1.26. The van der Waals surface area contributed by atoms with E-state index in [1.807, 2.05) is 12.1 Å². The number of hydrogen-bond donors (Lipinski definition) is 2. The molecule has 2 N–H and O–H groups in total. The SMILES string of the molecule is CCO.CCO.c1ccc(-c2ccccc2)cc1. The summed E-state index contributed by atoms with van der Waals surface area (Å²) in [6.07, 6.45) is 0. The standard InChI is InChI=1S/C12H10.2C2H6O/c1-3-7-11(8-4-1)12-9-5-2-6-10-12;2*1-2-3/h1-10H;2*3H,2H2,1H3. The molecule has 98 valence electrons. The van der Waals surface area contributed by atoms with E-state index in [4.69, 9.17) is 10.2 Å². The molecule has 0 radical (unpaired) electrons. The summed E-state index contributed by atoms with van der Waals surface area (Å²) in [5, 5.41) is 15.1. The van der Waals surface area contributed by atoms with E-state index in [-0.39, 0.29) is 13.2 Å². The third-order valence-electron chi connectivity index (χ3n) is 1.88. The summed E-state index contributed by atoms with van der Waals surface area (Å²) in [5.41, 5.74) is 2.55. The van der Waals surface area contributed by atoms with E-state index in [0.29, 0.717) is 0 Å². The Morgan fingerprint density at radius 1 is 0.611 bits per heavy atom. The lowest BCUT2D eigenvalue weighted by atomic mass is 10.1. The van der Waals surface area contributed by atoms with Crippen molar-refractivity contribution in [2.45, 2.75) is 13.8 Å². The van der Waals surface area contributed by atoms with Crippen LogP contribution in [0.1, 0.15) is 13.8 Å². The van der Waals surface area contributed by atoms with E-state index >= 15 is 0 Å². The maximum Gasteiger partial charge on any atom is 0.0402 e. The maximum atomic E-state index is 7.57. The molecule has 0 saturated carbocycles. The van der Waals surface area contributed by atoms with Crippen molar-refractivity contribution in [3.8, 4) is 11.1 Å². The van der Waals surface area contributed by atoms with Gasteiger partial charge in [-0.25, -0.2) is 0 Å². The smallest absolute Gasteiger partial charge is 0.0402 e. The van der Waals surface area contributed by atoms with Crippen LogP contribution in [-0.4, -0.2) is 23.4 Å². The van der Waals surface area contributed by atoms with Crippen molar-refractivity contribution in [3.05, 3.63) is 60.7 Å². The van der Waals surface area contributed by atoms with Gasteiger partial charge in [0.25, 0.3) is 0 Å². The fourth-order valence-electron chi connectivity index (χ4n) is 1.26. The van der Waals surface area contributed by atoms with E-state index in [1.54, 1.807) is 13.8 Å². The predicted molar refractivity (Wildman–Crippen MR) is 77.4 cm³/mol. The van der Waals surface area contributed by atoms with Crippen LogP contribution in [0.3, 0.4) is 0 Å². The van der Waals surface area contributed by atoms with E-state index in [0.717, 1.165) is 0 Å². The van der Waals surface area contributed by atoms with E-state index in [1.165, 1.54) is 11.1 Å². The Morgan fingerprint density at radius 2 is 0.833 bits per heavy atom. The third kappa shape index (κ3) is 7.60. The summed E-state index contributed by atoms with van der Waals surface area (Å²) >= 11 is 0. The van der Waals surface area contributed by atoms with Gasteiger partial charge in [0, 0.05) is 13.2 Å². The second-order valence-electron chi connectivity index (χ2n) is 3.36. The molecule has 0 aliphatic heterocycles. The Kier molecular flexibility index (Phi) is 10.8. The molecule has 0 aromatic heterocycles. The Bertz CT molecular complexity index is 331. The summed E-state index contributed by atoms with van der Waals surface area (Å²) < 4.78 is 0. The minimum atomic E-state index is 0.250. The van der Waals surface area contributed by atoms with Crippen molar-refractivity contribution in [1.82, 2.24) is 0 Å². The first-order valence-corrected chi connectivity index (χ1v) is 6.12. The molecule has 0 bridgehead atoms. The van der Waals surface area contributed by atoms with Gasteiger partial charge in [0.1, 0.15) is 0 Å². The average molecular weight is 246 g/mol. The van der Waals surface area contributed by atoms with Crippen LogP contribution in [-0.2, 0) is 0 Å². The van der Waals surface area contributed by atoms with E-state index in [9.17, 15) is 0 Å². The number of benzene rings is 2. The van der Waals surface area contributed by atoms with Crippen LogP contribution in [0.2, 0.25) is 0 Å². The predicted octanol–water partition coefficient (Wildman–Crippen LogP) is 3.35. The molecular weight excluding hydrogens is 224 g/mol. The molecule has 18 heavy (non-hydrogen) atoms. The number of aliphatic hydroxyl groups is 2. The highest BCUT2D eigenvalue weighted by molar-refractivity contribution is 5.62. The molecule has 0 unspecified atom stereocenters. The first kappa shape index (κ1) is 16.4. The van der Waals surface area contributed by atoms with Crippen molar-refractivity contribution in [2.75, 3.05) is 13.2 Å². The summed E-state index contributed by atoms with van der Waals surface area (Å²) in [4.78, 5) is 0. The van der Waals surface area contributed by atoms with Gasteiger partial charge < -0.3 is 10.2 Å². The minimum absolute atomic E-state index is 0.250. The van der Waals surface area contributed by atoms with Crippen LogP contribution >= 0.6 is 0 Å². The summed E-state index contributed by atoms with van der Waals surface area (Å²) in [7, 11) is 0. The van der Waals surface area contributed by atoms with Crippen LogP contribution in [0.15, 0.2) is 60.7 Å². The summed E-state index contributed by atoms with van der Waals surface area (Å²) in [6.45, 7) is 3.86. The molecule has 0 atom stereocenters. The van der Waals surface area contributed by atoms with Crippen molar-refractivity contribution < 1.29 is 10.2 Å². The van der Waals surface area contributed by atoms with Crippen LogP contribution in [0.25, 0.3) is 11.1 Å². The molecule has 0 spiro atoms. The van der Waals surface area contributed by atoms with Crippen LogP contribution in [0.4, 0.5) is 0 Å². The number of hydrogen-bond acceptors (Lipinski definition) is 2. The van der Waals surface area contributed by atoms with Gasteiger partial charge in [-0.15, -0.1) is 0 Å². The monoisotopic (exact) mass is 246 g/mol. The lowest BCUT2D eigenvalue weighted by Gasteiger charge is -1.98. The van der Waals surface area contributed by atoms with Gasteiger partial charge in [-0.1, -0.05) is 60.7 Å². The lowest BCUT2D eigenvalue weighted by Crippen LogP contribution is -1.73. The zero-order valence-electron chi connectivity index (χ0n) is 11.1. The summed E-state index contributed by atoms with van der Waals surface area (Å²) in [5.74, 6) is 0. The number of aliphatic hydroxyl groups excluding tert-OH is 2. The zero-order chi connectivity index (χ0) is 13.6. The highest BCUT2D eigenvalue weighted by Gasteiger charge is 1.91. The molecule has 0 heterocycles. The zero-order valence-corrected chi connectivity index (χ0v) is 11.1. The summed E-state index contributed by atoms with van der Waals surface area (Å²) in [6, 6.07) is 20.8. The highest BCUT2D eigenvalue weighted by Crippen LogP contribution is 2.17. The van der Waals surface area contributed by atoms with Gasteiger partial charge in [0.15, 0.2) is 0 Å². The Morgan fingerprint density at radius 3 is 1.06 bits per heavy atom. The fraction of sp³-hybridized carbons (Fsp3) is 0.250. The van der Waals surface area contributed by atoms with Gasteiger partial charge in [0.05, 0.1) is 0 Å². The first-order valence-electron chi connectivity index (χ1n) is 6.12. The molecular formula is C16H22O2. The van der Waals surface area contributed by atoms with Gasteiger partial charge in [-0.3, -0.25) is 0 Å². The van der Waals surface area contributed by atoms with Crippen LogP contribution in [0.5, 0.6) is 0 Å². The Labute approximate surface area is 110 Å². The topological polar surface area (TPSA) is 40.5 Å². The van der Waals surface area contributed by atoms with Gasteiger partial charge in [0.2, 0.25) is 0 Å². The van der Waals surface area contributed by atoms with Gasteiger partial charge >= 0.3 is 0 Å². The molecule has 2 heteroatoms. The minimum Gasteiger partial charge on any atom is -0.397 e. The van der Waals surface area contributed by atoms with Crippen molar-refractivity contribution in [1.29, 1.82) is 0 Å². The molecule has 0 aliphatic carbocycles. The average Bonchev–Trinajstić information content (AvgIpc) is 2.43. The maximum absolute atomic E-state index is 7.57. The Balaban J connectivity index is 0.000000414. The quantitative estimate of drug-likeness (QED) is 0.810. The Hall–Kier alpha value is -1.64. The number of rotatable bonds is 1. The van der Waals surface area contributed by atoms with Crippen molar-refractivity contribution in [2.24, 2.45) is 0 Å². The van der Waals surface area contributed by atoms with Gasteiger partial charge in [-0.05, 0) is 25.0 Å². The molecule has 2 aromatic carbocycles. The second kappa shape index (κ2) is 11.8. The molecule has 2 aromatic rings. The molecule has 2 rings (SSSR count). The normalized spacial score (nSPS) is 8.44. The molecule has 0 saturated heterocycles. The third-order valence-corrected chi connectivity index (χ3v) is 1.88. The van der Waals surface area contributed by atoms with Crippen molar-refractivity contribution >= 4 is 0 Å². The van der Waals surface area contributed by atoms with Crippen LogP contribution in [0, 0.1) is 0 Å². The van der Waals surface area contributed by atoms with Gasteiger partial charge in [-0.2, -0.15) is 0 Å². The second-order valence-corrected chi connectivity index (χ2v) is 3.36. The van der Waals surface area contributed by atoms with E-state index < -0.39 is 0 Å². The highest BCUT2D eigenvalue weighted by atomic mass is 16.3. The largest absolute Gasteiger partial charge is 0.397 e.